The molecule has 0 heterocycles. The Morgan fingerprint density at radius 1 is 1.38 bits per heavy atom. The van der Waals surface area contributed by atoms with Crippen LogP contribution >= 0.6 is 11.6 Å². The number of nitrogens with zero attached hydrogens (tertiary/aromatic N) is 2. The lowest BCUT2D eigenvalue weighted by molar-refractivity contribution is -0.400. The second kappa shape index (κ2) is 7.99. The lowest BCUT2D eigenvalue weighted by Gasteiger charge is -2.13. The Morgan fingerprint density at radius 2 is 2.12 bits per heavy atom. The molecule has 0 amide bonds. The third-order valence-electron chi connectivity index (χ3n) is 3.15. The van der Waals surface area contributed by atoms with E-state index in [1.165, 1.54) is 19.3 Å². The van der Waals surface area contributed by atoms with Gasteiger partial charge in [0.25, 0.3) is 0 Å². The number of nitro groups is 1. The maximum Gasteiger partial charge on any atom is 0.235 e. The molecule has 2 rings (SSSR count). The fourth-order valence-electron chi connectivity index (χ4n) is 2.03. The van der Waals surface area contributed by atoms with Crippen molar-refractivity contribution in [3.63, 3.8) is 0 Å². The van der Waals surface area contributed by atoms with Crippen molar-refractivity contribution in [2.75, 3.05) is 7.11 Å². The molecule has 7 heteroatoms. The zero-order chi connectivity index (χ0) is 17.5. The summed E-state index contributed by atoms with van der Waals surface area (Å²) in [5.74, 6) is 0.657. The van der Waals surface area contributed by atoms with Gasteiger partial charge in [-0.2, -0.15) is 5.26 Å². The van der Waals surface area contributed by atoms with E-state index in [9.17, 15) is 10.1 Å². The van der Waals surface area contributed by atoms with E-state index in [0.717, 1.165) is 11.8 Å². The van der Waals surface area contributed by atoms with Crippen LogP contribution in [0.25, 0.3) is 6.08 Å². The van der Waals surface area contributed by atoms with Crippen LogP contribution in [0.5, 0.6) is 11.5 Å². The molecule has 0 atom stereocenters. The minimum absolute atomic E-state index is 0.143. The molecule has 0 fully saturated rings. The fourth-order valence-corrected chi connectivity index (χ4v) is 2.30. The van der Waals surface area contributed by atoms with E-state index in [1.54, 1.807) is 24.3 Å². The molecule has 0 bridgehead atoms. The first kappa shape index (κ1) is 17.3. The van der Waals surface area contributed by atoms with Crippen LogP contribution in [0.15, 0.2) is 42.6 Å². The second-order valence-electron chi connectivity index (χ2n) is 4.69. The molecule has 0 aromatic heterocycles. The first-order valence-corrected chi connectivity index (χ1v) is 7.23. The van der Waals surface area contributed by atoms with Gasteiger partial charge in [-0.1, -0.05) is 29.8 Å². The lowest BCUT2D eigenvalue weighted by Crippen LogP contribution is -2.01. The predicted molar refractivity (Wildman–Crippen MR) is 89.5 cm³/mol. The van der Waals surface area contributed by atoms with Gasteiger partial charge in [0.05, 0.1) is 28.7 Å². The second-order valence-corrected chi connectivity index (χ2v) is 5.10. The Kier molecular flexibility index (Phi) is 5.77. The molecule has 122 valence electrons. The minimum Gasteiger partial charge on any atom is -0.493 e. The van der Waals surface area contributed by atoms with Gasteiger partial charge in [0, 0.05) is 11.6 Å². The molecule has 2 aromatic carbocycles. The smallest absolute Gasteiger partial charge is 0.235 e. The molecule has 24 heavy (non-hydrogen) atoms. The molecule has 0 aliphatic heterocycles. The van der Waals surface area contributed by atoms with Crippen molar-refractivity contribution >= 4 is 17.7 Å². The Labute approximate surface area is 143 Å². The Balaban J connectivity index is 2.27. The summed E-state index contributed by atoms with van der Waals surface area (Å²) in [5.41, 5.74) is 1.74. The largest absolute Gasteiger partial charge is 0.493 e. The van der Waals surface area contributed by atoms with Crippen molar-refractivity contribution in [2.24, 2.45) is 0 Å². The summed E-state index contributed by atoms with van der Waals surface area (Å²) >= 11 is 6.19. The number of benzene rings is 2. The third-order valence-corrected chi connectivity index (χ3v) is 3.43. The van der Waals surface area contributed by atoms with Crippen LogP contribution in [0.4, 0.5) is 0 Å². The van der Waals surface area contributed by atoms with E-state index in [4.69, 9.17) is 26.3 Å². The molecule has 0 radical (unpaired) electrons. The predicted octanol–water partition coefficient (Wildman–Crippen LogP) is 4.05. The van der Waals surface area contributed by atoms with Gasteiger partial charge >= 0.3 is 0 Å². The number of nitriles is 1. The van der Waals surface area contributed by atoms with Crippen LogP contribution in [-0.2, 0) is 6.61 Å². The van der Waals surface area contributed by atoms with Gasteiger partial charge in [-0.25, -0.2) is 0 Å². The van der Waals surface area contributed by atoms with Crippen LogP contribution in [0, 0.1) is 21.4 Å². The summed E-state index contributed by atoms with van der Waals surface area (Å²) in [6.07, 6.45) is 2.12. The Morgan fingerprint density at radius 3 is 2.79 bits per heavy atom. The zero-order valence-corrected chi connectivity index (χ0v) is 13.5. The summed E-state index contributed by atoms with van der Waals surface area (Å²) < 4.78 is 10.9. The van der Waals surface area contributed by atoms with Gasteiger partial charge in [0.2, 0.25) is 6.20 Å². The van der Waals surface area contributed by atoms with Crippen LogP contribution in [-0.4, -0.2) is 12.0 Å². The molecule has 0 spiro atoms. The summed E-state index contributed by atoms with van der Waals surface area (Å²) in [7, 11) is 1.45. The van der Waals surface area contributed by atoms with Crippen LogP contribution < -0.4 is 9.47 Å². The van der Waals surface area contributed by atoms with E-state index in [-0.39, 0.29) is 11.6 Å². The van der Waals surface area contributed by atoms with Crippen molar-refractivity contribution in [2.45, 2.75) is 6.61 Å². The summed E-state index contributed by atoms with van der Waals surface area (Å²) in [6, 6.07) is 12.3. The average molecular weight is 345 g/mol. The summed E-state index contributed by atoms with van der Waals surface area (Å²) in [5, 5.41) is 19.8. The summed E-state index contributed by atoms with van der Waals surface area (Å²) in [4.78, 5) is 9.84. The monoisotopic (exact) mass is 344 g/mol. The Bertz CT molecular complexity index is 828. The SMILES string of the molecule is COc1cc(/C=C/[N+](=O)[O-])cc(Cl)c1OCc1ccccc1C#N. The van der Waals surface area contributed by atoms with Gasteiger partial charge in [-0.15, -0.1) is 0 Å². The van der Waals surface area contributed by atoms with Crippen molar-refractivity contribution in [1.29, 1.82) is 5.26 Å². The van der Waals surface area contributed by atoms with Crippen LogP contribution in [0.1, 0.15) is 16.7 Å². The minimum atomic E-state index is -0.566. The number of rotatable bonds is 6. The molecule has 0 N–H and O–H groups in total. The van der Waals surface area contributed by atoms with E-state index in [0.29, 0.717) is 22.6 Å². The third kappa shape index (κ3) is 4.24. The molecule has 0 saturated carbocycles. The van der Waals surface area contributed by atoms with E-state index in [2.05, 4.69) is 6.07 Å². The first-order chi connectivity index (χ1) is 11.5. The number of ether oxygens (including phenoxy) is 2. The first-order valence-electron chi connectivity index (χ1n) is 6.85. The highest BCUT2D eigenvalue weighted by molar-refractivity contribution is 6.32. The fraction of sp³-hybridized carbons (Fsp3) is 0.118. The van der Waals surface area contributed by atoms with Gasteiger partial charge in [-0.3, -0.25) is 10.1 Å². The summed E-state index contributed by atoms with van der Waals surface area (Å²) in [6.45, 7) is 0.143. The van der Waals surface area contributed by atoms with E-state index >= 15 is 0 Å². The number of halogens is 1. The highest BCUT2D eigenvalue weighted by atomic mass is 35.5. The van der Waals surface area contributed by atoms with Gasteiger partial charge in [-0.05, 0) is 23.8 Å². The molecule has 6 nitrogen and oxygen atoms in total. The molecule has 2 aromatic rings. The number of hydrogen-bond donors (Lipinski definition) is 0. The Hall–Kier alpha value is -3.04. The topological polar surface area (TPSA) is 85.4 Å². The van der Waals surface area contributed by atoms with Crippen LogP contribution in [0.2, 0.25) is 5.02 Å². The van der Waals surface area contributed by atoms with Crippen molar-refractivity contribution < 1.29 is 14.4 Å². The normalized spacial score (nSPS) is 10.4. The number of methoxy groups -OCH3 is 1. The maximum absolute atomic E-state index is 10.4. The molecule has 0 unspecified atom stereocenters. The number of hydrogen-bond acceptors (Lipinski definition) is 5. The van der Waals surface area contributed by atoms with E-state index in [1.807, 2.05) is 6.07 Å². The van der Waals surface area contributed by atoms with Gasteiger partial charge < -0.3 is 9.47 Å². The van der Waals surface area contributed by atoms with Crippen molar-refractivity contribution in [3.8, 4) is 17.6 Å². The molecular weight excluding hydrogens is 332 g/mol. The lowest BCUT2D eigenvalue weighted by atomic mass is 10.1. The van der Waals surface area contributed by atoms with Gasteiger partial charge in [0.15, 0.2) is 11.5 Å². The van der Waals surface area contributed by atoms with Crippen molar-refractivity contribution in [3.05, 3.63) is 74.4 Å². The highest BCUT2D eigenvalue weighted by Gasteiger charge is 2.13. The zero-order valence-electron chi connectivity index (χ0n) is 12.7. The molecule has 0 aliphatic rings. The molecule has 0 aliphatic carbocycles. The average Bonchev–Trinajstić information content (AvgIpc) is 2.58. The quantitative estimate of drug-likeness (QED) is 0.583. The highest BCUT2D eigenvalue weighted by Crippen LogP contribution is 2.37. The maximum atomic E-state index is 10.4. The van der Waals surface area contributed by atoms with Crippen LogP contribution in [0.3, 0.4) is 0 Å². The molecular formula is C17H13ClN2O4. The van der Waals surface area contributed by atoms with Gasteiger partial charge in [0.1, 0.15) is 6.61 Å². The van der Waals surface area contributed by atoms with Crippen molar-refractivity contribution in [1.82, 2.24) is 0 Å². The molecule has 0 saturated heterocycles. The van der Waals surface area contributed by atoms with E-state index < -0.39 is 4.92 Å². The standard InChI is InChI=1S/C17H13ClN2O4/c1-23-16-9-12(6-7-20(21)22)8-15(18)17(16)24-11-14-5-3-2-4-13(14)10-19/h2-9H,11H2,1H3/b7-6+.